The highest BCUT2D eigenvalue weighted by Crippen LogP contribution is 2.28. The molecule has 0 aliphatic carbocycles. The van der Waals surface area contributed by atoms with Gasteiger partial charge in [0.1, 0.15) is 0 Å². The smallest absolute Gasteiger partial charge is 0.309 e. The van der Waals surface area contributed by atoms with Crippen LogP contribution in [0.4, 0.5) is 0 Å². The first kappa shape index (κ1) is 15.0. The first-order valence-corrected chi connectivity index (χ1v) is 6.06. The van der Waals surface area contributed by atoms with Crippen LogP contribution >= 0.6 is 12.4 Å². The maximum Gasteiger partial charge on any atom is 0.309 e. The molecule has 0 saturated carbocycles. The van der Waals surface area contributed by atoms with E-state index in [9.17, 15) is 4.79 Å². The van der Waals surface area contributed by atoms with Gasteiger partial charge in [-0.05, 0) is 30.4 Å². The number of hydrogen-bond donors (Lipinski definition) is 1. The minimum absolute atomic E-state index is 0. The monoisotopic (exact) mass is 269 g/mol. The summed E-state index contributed by atoms with van der Waals surface area (Å²) in [5.41, 5.74) is 2.64. The van der Waals surface area contributed by atoms with Crippen LogP contribution in [0, 0.1) is 12.8 Å². The summed E-state index contributed by atoms with van der Waals surface area (Å²) in [6, 6.07) is 8.38. The molecule has 2 unspecified atom stereocenters. The van der Waals surface area contributed by atoms with Crippen molar-refractivity contribution in [3.8, 4) is 0 Å². The van der Waals surface area contributed by atoms with Gasteiger partial charge in [0.05, 0.1) is 13.0 Å². The summed E-state index contributed by atoms with van der Waals surface area (Å²) in [5, 5.41) is 3.33. The number of halogens is 1. The molecule has 1 saturated heterocycles. The number of carbonyl (C=O) groups is 1. The summed E-state index contributed by atoms with van der Waals surface area (Å²) in [4.78, 5) is 11.6. The van der Waals surface area contributed by atoms with Crippen molar-refractivity contribution in [1.82, 2.24) is 5.32 Å². The van der Waals surface area contributed by atoms with E-state index >= 15 is 0 Å². The predicted molar refractivity (Wildman–Crippen MR) is 74.2 cm³/mol. The lowest BCUT2D eigenvalue weighted by Crippen LogP contribution is -2.39. The number of carbonyl (C=O) groups excluding carboxylic acids is 1. The minimum atomic E-state index is -0.101. The molecule has 4 heteroatoms. The fourth-order valence-corrected chi connectivity index (χ4v) is 2.57. The van der Waals surface area contributed by atoms with Crippen LogP contribution in [0.3, 0.4) is 0 Å². The van der Waals surface area contributed by atoms with E-state index < -0.39 is 0 Å². The number of esters is 1. The SMILES string of the molecule is COC(=O)C1CNCC(c2ccccc2C)C1.Cl. The fourth-order valence-electron chi connectivity index (χ4n) is 2.57. The Labute approximate surface area is 114 Å². The largest absolute Gasteiger partial charge is 0.469 e. The van der Waals surface area contributed by atoms with Crippen LogP contribution in [0.1, 0.15) is 23.5 Å². The molecule has 0 bridgehead atoms. The van der Waals surface area contributed by atoms with Gasteiger partial charge in [-0.3, -0.25) is 4.79 Å². The molecule has 2 atom stereocenters. The van der Waals surface area contributed by atoms with E-state index in [1.807, 2.05) is 6.07 Å². The lowest BCUT2D eigenvalue weighted by atomic mass is 9.84. The Morgan fingerprint density at radius 1 is 1.33 bits per heavy atom. The third kappa shape index (κ3) is 3.24. The van der Waals surface area contributed by atoms with Gasteiger partial charge in [-0.25, -0.2) is 0 Å². The van der Waals surface area contributed by atoms with Crippen molar-refractivity contribution >= 4 is 18.4 Å². The second-order valence-corrected chi connectivity index (χ2v) is 4.67. The van der Waals surface area contributed by atoms with Gasteiger partial charge in [-0.15, -0.1) is 12.4 Å². The molecule has 1 aromatic carbocycles. The Bertz CT molecular complexity index is 409. The number of piperidine rings is 1. The molecule has 2 rings (SSSR count). The summed E-state index contributed by atoms with van der Waals surface area (Å²) in [5.74, 6) is 0.295. The number of benzene rings is 1. The number of hydrogen-bond acceptors (Lipinski definition) is 3. The van der Waals surface area contributed by atoms with Gasteiger partial charge < -0.3 is 10.1 Å². The van der Waals surface area contributed by atoms with Crippen molar-refractivity contribution in [3.63, 3.8) is 0 Å². The molecule has 1 aliphatic heterocycles. The van der Waals surface area contributed by atoms with Gasteiger partial charge >= 0.3 is 5.97 Å². The predicted octanol–water partition coefficient (Wildman–Crippen LogP) is 2.28. The van der Waals surface area contributed by atoms with Crippen molar-refractivity contribution in [2.75, 3.05) is 20.2 Å². The van der Waals surface area contributed by atoms with E-state index in [-0.39, 0.29) is 24.3 Å². The molecule has 18 heavy (non-hydrogen) atoms. The molecule has 0 aromatic heterocycles. The lowest BCUT2D eigenvalue weighted by Gasteiger charge is -2.29. The second-order valence-electron chi connectivity index (χ2n) is 4.67. The highest BCUT2D eigenvalue weighted by molar-refractivity contribution is 5.85. The maximum atomic E-state index is 11.6. The van der Waals surface area contributed by atoms with Gasteiger partial charge in [-0.2, -0.15) is 0 Å². The Balaban J connectivity index is 0.00000162. The van der Waals surface area contributed by atoms with E-state index in [4.69, 9.17) is 4.74 Å². The highest BCUT2D eigenvalue weighted by Gasteiger charge is 2.28. The topological polar surface area (TPSA) is 38.3 Å². The van der Waals surface area contributed by atoms with Crippen molar-refractivity contribution in [3.05, 3.63) is 35.4 Å². The summed E-state index contributed by atoms with van der Waals surface area (Å²) < 4.78 is 4.83. The van der Waals surface area contributed by atoms with Gasteiger partial charge in [0.2, 0.25) is 0 Å². The molecule has 1 fully saturated rings. The van der Waals surface area contributed by atoms with E-state index in [1.165, 1.54) is 18.2 Å². The zero-order chi connectivity index (χ0) is 12.3. The number of rotatable bonds is 2. The summed E-state index contributed by atoms with van der Waals surface area (Å²) in [7, 11) is 1.46. The van der Waals surface area contributed by atoms with E-state index in [2.05, 4.69) is 30.4 Å². The zero-order valence-corrected chi connectivity index (χ0v) is 11.6. The van der Waals surface area contributed by atoms with Crippen LogP contribution < -0.4 is 5.32 Å². The van der Waals surface area contributed by atoms with E-state index in [1.54, 1.807) is 0 Å². The number of methoxy groups -OCH3 is 1. The summed E-state index contributed by atoms with van der Waals surface area (Å²) in [6.45, 7) is 3.80. The van der Waals surface area contributed by atoms with Gasteiger partial charge in [-0.1, -0.05) is 24.3 Å². The summed E-state index contributed by atoms with van der Waals surface area (Å²) >= 11 is 0. The molecular formula is C14H20ClNO2. The van der Waals surface area contributed by atoms with Crippen LogP contribution in [-0.4, -0.2) is 26.2 Å². The lowest BCUT2D eigenvalue weighted by molar-refractivity contribution is -0.146. The van der Waals surface area contributed by atoms with Crippen LogP contribution in [0.5, 0.6) is 0 Å². The minimum Gasteiger partial charge on any atom is -0.469 e. The van der Waals surface area contributed by atoms with Crippen molar-refractivity contribution in [2.24, 2.45) is 5.92 Å². The Kier molecular flexibility index (Phi) is 5.63. The fraction of sp³-hybridized carbons (Fsp3) is 0.500. The second kappa shape index (κ2) is 6.76. The Morgan fingerprint density at radius 3 is 2.72 bits per heavy atom. The molecule has 0 radical (unpaired) electrons. The van der Waals surface area contributed by atoms with E-state index in [0.717, 1.165) is 19.5 Å². The van der Waals surface area contributed by atoms with Crippen molar-refractivity contribution < 1.29 is 9.53 Å². The average molecular weight is 270 g/mol. The van der Waals surface area contributed by atoms with Gasteiger partial charge in [0.25, 0.3) is 0 Å². The summed E-state index contributed by atoms with van der Waals surface area (Å²) in [6.07, 6.45) is 0.879. The Morgan fingerprint density at radius 2 is 2.06 bits per heavy atom. The quantitative estimate of drug-likeness (QED) is 0.837. The zero-order valence-electron chi connectivity index (χ0n) is 10.8. The molecule has 1 aromatic rings. The van der Waals surface area contributed by atoms with Crippen LogP contribution in [-0.2, 0) is 9.53 Å². The first-order valence-electron chi connectivity index (χ1n) is 6.06. The highest BCUT2D eigenvalue weighted by atomic mass is 35.5. The molecule has 1 heterocycles. The maximum absolute atomic E-state index is 11.6. The third-order valence-corrected chi connectivity index (χ3v) is 3.51. The Hall–Kier alpha value is -1.06. The van der Waals surface area contributed by atoms with Crippen LogP contribution in [0.15, 0.2) is 24.3 Å². The normalized spacial score (nSPS) is 23.0. The van der Waals surface area contributed by atoms with Gasteiger partial charge in [0, 0.05) is 13.1 Å². The van der Waals surface area contributed by atoms with Crippen LogP contribution in [0.2, 0.25) is 0 Å². The molecule has 1 aliphatic rings. The van der Waals surface area contributed by atoms with Crippen LogP contribution in [0.25, 0.3) is 0 Å². The average Bonchev–Trinajstić information content (AvgIpc) is 2.38. The molecular weight excluding hydrogens is 250 g/mol. The third-order valence-electron chi connectivity index (χ3n) is 3.51. The van der Waals surface area contributed by atoms with E-state index in [0.29, 0.717) is 5.92 Å². The molecule has 3 nitrogen and oxygen atoms in total. The first-order chi connectivity index (χ1) is 8.22. The molecule has 0 spiro atoms. The van der Waals surface area contributed by atoms with Crippen molar-refractivity contribution in [1.29, 1.82) is 0 Å². The van der Waals surface area contributed by atoms with Crippen molar-refractivity contribution in [2.45, 2.75) is 19.3 Å². The molecule has 0 amide bonds. The number of aryl methyl sites for hydroxylation is 1. The molecule has 1 N–H and O–H groups in total. The number of nitrogens with one attached hydrogen (secondary N) is 1. The standard InChI is InChI=1S/C14H19NO2.ClH/c1-10-5-3-4-6-13(10)11-7-12(9-15-8-11)14(16)17-2;/h3-6,11-12,15H,7-9H2,1-2H3;1H. The molecule has 100 valence electrons. The van der Waals surface area contributed by atoms with Gasteiger partial charge in [0.15, 0.2) is 0 Å². The number of ether oxygens (including phenoxy) is 1.